The van der Waals surface area contributed by atoms with Crippen LogP contribution in [0.5, 0.6) is 0 Å². The van der Waals surface area contributed by atoms with Crippen molar-refractivity contribution in [2.45, 2.75) is 52.2 Å². The molecule has 1 fully saturated rings. The third-order valence-corrected chi connectivity index (χ3v) is 5.84. The molecule has 1 aliphatic heterocycles. The van der Waals surface area contributed by atoms with Gasteiger partial charge in [-0.05, 0) is 65.1 Å². The molecule has 1 aromatic heterocycles. The molecule has 1 aromatic rings. The Morgan fingerprint density at radius 3 is 2.50 bits per heavy atom. The maximum absolute atomic E-state index is 11.7. The SMILES string of the molecule is COC(=O)c1csc(C(O)C2CCN(C(C)(C)C)CC2)c1C. The Morgan fingerprint density at radius 1 is 1.41 bits per heavy atom. The molecule has 2 heterocycles. The van der Waals surface area contributed by atoms with Gasteiger partial charge < -0.3 is 9.84 Å². The van der Waals surface area contributed by atoms with Gasteiger partial charge in [-0.1, -0.05) is 0 Å². The van der Waals surface area contributed by atoms with Crippen LogP contribution in [-0.2, 0) is 4.74 Å². The highest BCUT2D eigenvalue weighted by Gasteiger charge is 2.32. The maximum atomic E-state index is 11.7. The highest BCUT2D eigenvalue weighted by atomic mass is 32.1. The van der Waals surface area contributed by atoms with Crippen LogP contribution in [0.1, 0.15) is 60.5 Å². The first-order chi connectivity index (χ1) is 10.3. The lowest BCUT2D eigenvalue weighted by atomic mass is 9.87. The van der Waals surface area contributed by atoms with Crippen LogP contribution in [-0.4, -0.2) is 41.7 Å². The van der Waals surface area contributed by atoms with Gasteiger partial charge in [0, 0.05) is 15.8 Å². The van der Waals surface area contributed by atoms with E-state index < -0.39 is 6.10 Å². The summed E-state index contributed by atoms with van der Waals surface area (Å²) in [4.78, 5) is 15.1. The van der Waals surface area contributed by atoms with Gasteiger partial charge in [0.1, 0.15) is 0 Å². The van der Waals surface area contributed by atoms with Crippen LogP contribution in [0, 0.1) is 12.8 Å². The Balaban J connectivity index is 2.06. The predicted molar refractivity (Wildman–Crippen MR) is 89.4 cm³/mol. The van der Waals surface area contributed by atoms with Gasteiger partial charge in [0.05, 0.1) is 18.8 Å². The van der Waals surface area contributed by atoms with Gasteiger partial charge in [0.25, 0.3) is 0 Å². The molecule has 0 bridgehead atoms. The van der Waals surface area contributed by atoms with Crippen molar-refractivity contribution in [2.75, 3.05) is 20.2 Å². The number of rotatable bonds is 3. The average Bonchev–Trinajstić information content (AvgIpc) is 2.86. The van der Waals surface area contributed by atoms with E-state index in [0.717, 1.165) is 36.4 Å². The van der Waals surface area contributed by atoms with Crippen LogP contribution in [0.15, 0.2) is 5.38 Å². The maximum Gasteiger partial charge on any atom is 0.338 e. The van der Waals surface area contributed by atoms with Crippen LogP contribution in [0.4, 0.5) is 0 Å². The first-order valence-corrected chi connectivity index (χ1v) is 8.73. The van der Waals surface area contributed by atoms with Gasteiger partial charge in [-0.25, -0.2) is 4.79 Å². The van der Waals surface area contributed by atoms with Crippen LogP contribution in [0.3, 0.4) is 0 Å². The number of hydrogen-bond acceptors (Lipinski definition) is 5. The first kappa shape index (κ1) is 17.4. The van der Waals surface area contributed by atoms with E-state index in [1.54, 1.807) is 5.38 Å². The zero-order valence-electron chi connectivity index (χ0n) is 14.2. The van der Waals surface area contributed by atoms with Crippen LogP contribution >= 0.6 is 11.3 Å². The van der Waals surface area contributed by atoms with Crippen molar-refractivity contribution in [3.63, 3.8) is 0 Å². The number of aliphatic hydroxyl groups excluding tert-OH is 1. The first-order valence-electron chi connectivity index (χ1n) is 7.85. The standard InChI is InChI=1S/C17H27NO3S/c1-11-13(16(20)21-5)10-22-15(11)14(19)12-6-8-18(9-7-12)17(2,3)4/h10,12,14,19H,6-9H2,1-5H3. The Labute approximate surface area is 137 Å². The van der Waals surface area contributed by atoms with Gasteiger partial charge in [-0.3, -0.25) is 4.90 Å². The lowest BCUT2D eigenvalue weighted by Gasteiger charge is -2.41. The number of carbonyl (C=O) groups is 1. The number of thiophene rings is 1. The summed E-state index contributed by atoms with van der Waals surface area (Å²) in [5.74, 6) is -0.0591. The number of methoxy groups -OCH3 is 1. The van der Waals surface area contributed by atoms with Crippen LogP contribution in [0.25, 0.3) is 0 Å². The summed E-state index contributed by atoms with van der Waals surface area (Å²) in [7, 11) is 1.39. The van der Waals surface area contributed by atoms with E-state index in [-0.39, 0.29) is 17.4 Å². The molecule has 1 unspecified atom stereocenters. The Hall–Kier alpha value is -0.910. The minimum Gasteiger partial charge on any atom is -0.465 e. The molecule has 0 radical (unpaired) electrons. The molecule has 1 aliphatic rings. The van der Waals surface area contributed by atoms with E-state index in [1.165, 1.54) is 18.4 Å². The Kier molecular flexibility index (Phi) is 5.30. The van der Waals surface area contributed by atoms with E-state index in [1.807, 2.05) is 6.92 Å². The molecule has 5 heteroatoms. The molecule has 2 rings (SSSR count). The van der Waals surface area contributed by atoms with Gasteiger partial charge >= 0.3 is 5.97 Å². The lowest BCUT2D eigenvalue weighted by Crippen LogP contribution is -2.46. The van der Waals surface area contributed by atoms with Crippen LogP contribution < -0.4 is 0 Å². The summed E-state index contributed by atoms with van der Waals surface area (Å²) >= 11 is 1.46. The third kappa shape index (κ3) is 3.53. The highest BCUT2D eigenvalue weighted by molar-refractivity contribution is 7.10. The molecule has 1 N–H and O–H groups in total. The fraction of sp³-hybridized carbons (Fsp3) is 0.706. The fourth-order valence-electron chi connectivity index (χ4n) is 3.13. The second-order valence-corrected chi connectivity index (χ2v) is 7.98. The number of likely N-dealkylation sites (tertiary alicyclic amines) is 1. The summed E-state index contributed by atoms with van der Waals surface area (Å²) in [6.45, 7) is 10.6. The molecule has 0 aromatic carbocycles. The predicted octanol–water partition coefficient (Wildman–Crippen LogP) is 3.39. The van der Waals surface area contributed by atoms with Crippen molar-refractivity contribution >= 4 is 17.3 Å². The summed E-state index contributed by atoms with van der Waals surface area (Å²) < 4.78 is 4.79. The molecular weight excluding hydrogens is 298 g/mol. The summed E-state index contributed by atoms with van der Waals surface area (Å²) in [6, 6.07) is 0. The summed E-state index contributed by atoms with van der Waals surface area (Å²) in [5, 5.41) is 12.5. The number of carbonyl (C=O) groups excluding carboxylic acids is 1. The fourth-order valence-corrected chi connectivity index (χ4v) is 4.27. The number of hydrogen-bond donors (Lipinski definition) is 1. The van der Waals surface area contributed by atoms with Crippen molar-refractivity contribution in [1.29, 1.82) is 0 Å². The van der Waals surface area contributed by atoms with Crippen molar-refractivity contribution in [1.82, 2.24) is 4.90 Å². The van der Waals surface area contributed by atoms with Gasteiger partial charge in [0.2, 0.25) is 0 Å². The molecule has 22 heavy (non-hydrogen) atoms. The van der Waals surface area contributed by atoms with Gasteiger partial charge in [0.15, 0.2) is 0 Å². The van der Waals surface area contributed by atoms with E-state index >= 15 is 0 Å². The van der Waals surface area contributed by atoms with Gasteiger partial charge in [-0.2, -0.15) is 0 Å². The Bertz CT molecular complexity index is 524. The molecule has 124 valence electrons. The van der Waals surface area contributed by atoms with Crippen molar-refractivity contribution < 1.29 is 14.6 Å². The van der Waals surface area contributed by atoms with Crippen LogP contribution in [0.2, 0.25) is 0 Å². The monoisotopic (exact) mass is 325 g/mol. The molecular formula is C17H27NO3S. The lowest BCUT2D eigenvalue weighted by molar-refractivity contribution is 0.0291. The Morgan fingerprint density at radius 2 is 2.00 bits per heavy atom. The summed E-state index contributed by atoms with van der Waals surface area (Å²) in [5.41, 5.74) is 1.63. The normalized spacial score (nSPS) is 19.2. The van der Waals surface area contributed by atoms with Crippen molar-refractivity contribution in [3.8, 4) is 0 Å². The largest absolute Gasteiger partial charge is 0.465 e. The molecule has 0 spiro atoms. The van der Waals surface area contributed by atoms with E-state index in [2.05, 4.69) is 25.7 Å². The molecule has 1 atom stereocenters. The molecule has 1 saturated heterocycles. The van der Waals surface area contributed by atoms with Gasteiger partial charge in [-0.15, -0.1) is 11.3 Å². The topological polar surface area (TPSA) is 49.8 Å². The van der Waals surface area contributed by atoms with E-state index in [9.17, 15) is 9.90 Å². The minimum absolute atomic E-state index is 0.187. The minimum atomic E-state index is -0.481. The number of nitrogens with zero attached hydrogens (tertiary/aromatic N) is 1. The van der Waals surface area contributed by atoms with E-state index in [0.29, 0.717) is 5.56 Å². The average molecular weight is 325 g/mol. The number of ether oxygens (including phenoxy) is 1. The molecule has 0 amide bonds. The molecule has 4 nitrogen and oxygen atoms in total. The number of aliphatic hydroxyl groups is 1. The van der Waals surface area contributed by atoms with E-state index in [4.69, 9.17) is 4.74 Å². The number of piperidine rings is 1. The smallest absolute Gasteiger partial charge is 0.338 e. The quantitative estimate of drug-likeness (QED) is 0.866. The zero-order valence-corrected chi connectivity index (χ0v) is 15.0. The molecule has 0 saturated carbocycles. The number of esters is 1. The highest BCUT2D eigenvalue weighted by Crippen LogP contribution is 2.37. The van der Waals surface area contributed by atoms with Crippen molar-refractivity contribution in [2.24, 2.45) is 5.92 Å². The second-order valence-electron chi connectivity index (χ2n) is 7.07. The second kappa shape index (κ2) is 6.69. The zero-order chi connectivity index (χ0) is 16.5. The van der Waals surface area contributed by atoms with Crippen molar-refractivity contribution in [3.05, 3.63) is 21.4 Å². The third-order valence-electron chi connectivity index (χ3n) is 4.69. The summed E-state index contributed by atoms with van der Waals surface area (Å²) in [6.07, 6.45) is 1.50. The molecule has 0 aliphatic carbocycles.